The molecule has 3 rings (SSSR count). The van der Waals surface area contributed by atoms with Gasteiger partial charge in [-0.15, -0.1) is 0 Å². The maximum absolute atomic E-state index is 12.9. The molecule has 2 bridgehead atoms. The Hall–Kier alpha value is -1.19. The number of Topliss-reactive ketones (excluding diaryl/α,β-unsaturated/α-hetero) is 1. The van der Waals surface area contributed by atoms with Gasteiger partial charge in [0.05, 0.1) is 13.2 Å². The summed E-state index contributed by atoms with van der Waals surface area (Å²) in [6, 6.07) is 9.20. The monoisotopic (exact) mass is 329 g/mol. The number of benzene rings is 1. The van der Waals surface area contributed by atoms with Crippen molar-refractivity contribution < 1.29 is 9.53 Å². The Morgan fingerprint density at radius 3 is 2.38 bits per heavy atom. The lowest BCUT2D eigenvalue weighted by molar-refractivity contribution is -0.0702. The van der Waals surface area contributed by atoms with Gasteiger partial charge in [-0.05, 0) is 38.3 Å². The molecule has 0 spiro atoms. The average molecular weight is 329 g/mol. The van der Waals surface area contributed by atoms with Gasteiger partial charge in [-0.1, -0.05) is 50.5 Å². The minimum atomic E-state index is 0.163. The van der Waals surface area contributed by atoms with Crippen LogP contribution in [0.4, 0.5) is 0 Å². The highest BCUT2D eigenvalue weighted by Crippen LogP contribution is 2.32. The predicted octanol–water partition coefficient (Wildman–Crippen LogP) is 4.10. The molecule has 2 aliphatic heterocycles. The summed E-state index contributed by atoms with van der Waals surface area (Å²) in [5.74, 6) is 0.494. The van der Waals surface area contributed by atoms with Gasteiger partial charge in [0.2, 0.25) is 0 Å². The Bertz CT molecular complexity index is 525. The second kappa shape index (κ2) is 8.26. The molecule has 2 saturated heterocycles. The van der Waals surface area contributed by atoms with Crippen molar-refractivity contribution in [2.24, 2.45) is 5.92 Å². The fourth-order valence-corrected chi connectivity index (χ4v) is 4.14. The summed E-state index contributed by atoms with van der Waals surface area (Å²) in [5.41, 5.74) is 2.25. The number of aryl methyl sites for hydroxylation is 1. The molecular weight excluding hydrogens is 298 g/mol. The van der Waals surface area contributed by atoms with Crippen molar-refractivity contribution in [1.82, 2.24) is 4.90 Å². The number of likely N-dealkylation sites (N-methyl/N-ethyl adjacent to an activating group) is 1. The molecule has 2 unspecified atom stereocenters. The van der Waals surface area contributed by atoms with Crippen LogP contribution in [-0.4, -0.2) is 43.0 Å². The lowest BCUT2D eigenvalue weighted by Crippen LogP contribution is -2.55. The molecule has 0 radical (unpaired) electrons. The van der Waals surface area contributed by atoms with Gasteiger partial charge in [-0.25, -0.2) is 0 Å². The minimum Gasteiger partial charge on any atom is -0.378 e. The van der Waals surface area contributed by atoms with Crippen molar-refractivity contribution in [2.45, 2.75) is 64.0 Å². The van der Waals surface area contributed by atoms with Gasteiger partial charge in [0.15, 0.2) is 5.78 Å². The summed E-state index contributed by atoms with van der Waals surface area (Å²) in [6.07, 6.45) is 8.15. The standard InChI is InChI=1S/C21H31NO2/c1-3-4-5-6-7-16-8-10-17(11-9-16)21(23)18-12-19-14-24-15-20(13-18)22(19)2/h8-11,18-20H,3-7,12-15H2,1-2H3. The summed E-state index contributed by atoms with van der Waals surface area (Å²) in [5, 5.41) is 0. The van der Waals surface area contributed by atoms with Gasteiger partial charge in [-0.3, -0.25) is 9.69 Å². The topological polar surface area (TPSA) is 29.5 Å². The van der Waals surface area contributed by atoms with Crippen LogP contribution in [0.1, 0.15) is 61.4 Å². The number of unbranched alkanes of at least 4 members (excludes halogenated alkanes) is 3. The molecule has 0 aromatic heterocycles. The smallest absolute Gasteiger partial charge is 0.166 e. The van der Waals surface area contributed by atoms with Gasteiger partial charge in [0.25, 0.3) is 0 Å². The van der Waals surface area contributed by atoms with Crippen molar-refractivity contribution in [1.29, 1.82) is 0 Å². The number of nitrogens with zero attached hydrogens (tertiary/aromatic N) is 1. The van der Waals surface area contributed by atoms with E-state index in [0.717, 1.165) is 38.0 Å². The molecule has 0 saturated carbocycles. The summed E-state index contributed by atoms with van der Waals surface area (Å²) in [7, 11) is 2.17. The molecule has 2 heterocycles. The van der Waals surface area contributed by atoms with Crippen LogP contribution < -0.4 is 0 Å². The van der Waals surface area contributed by atoms with E-state index in [4.69, 9.17) is 4.74 Å². The quantitative estimate of drug-likeness (QED) is 0.557. The molecular formula is C21H31NO2. The SMILES string of the molecule is CCCCCCc1ccc(C(=O)C2CC3COCC(C2)N3C)cc1. The molecule has 0 aliphatic carbocycles. The first-order valence-corrected chi connectivity index (χ1v) is 9.62. The van der Waals surface area contributed by atoms with E-state index in [9.17, 15) is 4.79 Å². The molecule has 132 valence electrons. The summed E-state index contributed by atoms with van der Waals surface area (Å²) in [6.45, 7) is 3.78. The third kappa shape index (κ3) is 4.07. The summed E-state index contributed by atoms with van der Waals surface area (Å²) in [4.78, 5) is 15.3. The zero-order chi connectivity index (χ0) is 16.9. The molecule has 0 amide bonds. The number of carbonyl (C=O) groups is 1. The molecule has 2 aliphatic rings. The number of rotatable bonds is 7. The van der Waals surface area contributed by atoms with E-state index in [-0.39, 0.29) is 5.92 Å². The number of hydrogen-bond donors (Lipinski definition) is 0. The molecule has 3 nitrogen and oxygen atoms in total. The Morgan fingerprint density at radius 2 is 1.75 bits per heavy atom. The zero-order valence-corrected chi connectivity index (χ0v) is 15.2. The van der Waals surface area contributed by atoms with Gasteiger partial charge in [0.1, 0.15) is 0 Å². The van der Waals surface area contributed by atoms with Crippen molar-refractivity contribution in [3.63, 3.8) is 0 Å². The fraction of sp³-hybridized carbons (Fsp3) is 0.667. The molecule has 2 fully saturated rings. The van der Waals surface area contributed by atoms with Gasteiger partial charge >= 0.3 is 0 Å². The van der Waals surface area contributed by atoms with Gasteiger partial charge in [0, 0.05) is 23.6 Å². The third-order valence-electron chi connectivity index (χ3n) is 5.81. The number of ketones is 1. The number of hydrogen-bond acceptors (Lipinski definition) is 3. The Labute approximate surface area is 146 Å². The third-order valence-corrected chi connectivity index (χ3v) is 5.81. The number of piperidine rings is 1. The Kier molecular flexibility index (Phi) is 6.07. The number of fused-ring (bicyclic) bond motifs is 2. The molecule has 1 aromatic carbocycles. The first kappa shape index (κ1) is 17.6. The van der Waals surface area contributed by atoms with Crippen LogP contribution in [0, 0.1) is 5.92 Å². The molecule has 24 heavy (non-hydrogen) atoms. The van der Waals surface area contributed by atoms with E-state index in [2.05, 4.69) is 31.0 Å². The van der Waals surface area contributed by atoms with Crippen LogP contribution in [0.2, 0.25) is 0 Å². The van der Waals surface area contributed by atoms with E-state index in [1.807, 2.05) is 12.1 Å². The first-order valence-electron chi connectivity index (χ1n) is 9.62. The largest absolute Gasteiger partial charge is 0.378 e. The fourth-order valence-electron chi connectivity index (χ4n) is 4.14. The highest BCUT2D eigenvalue weighted by atomic mass is 16.5. The molecule has 2 atom stereocenters. The normalized spacial score (nSPS) is 27.2. The molecule has 3 heteroatoms. The predicted molar refractivity (Wildman–Crippen MR) is 97.5 cm³/mol. The van der Waals surface area contributed by atoms with Crippen molar-refractivity contribution in [2.75, 3.05) is 20.3 Å². The minimum absolute atomic E-state index is 0.163. The van der Waals surface area contributed by atoms with Crippen LogP contribution in [-0.2, 0) is 11.2 Å². The summed E-state index contributed by atoms with van der Waals surface area (Å²) < 4.78 is 5.66. The van der Waals surface area contributed by atoms with Crippen LogP contribution in [0.25, 0.3) is 0 Å². The van der Waals surface area contributed by atoms with E-state index < -0.39 is 0 Å². The molecule has 1 aromatic rings. The van der Waals surface area contributed by atoms with E-state index in [0.29, 0.717) is 17.9 Å². The van der Waals surface area contributed by atoms with Gasteiger partial charge < -0.3 is 4.74 Å². The highest BCUT2D eigenvalue weighted by Gasteiger charge is 2.39. The van der Waals surface area contributed by atoms with Crippen molar-refractivity contribution in [3.8, 4) is 0 Å². The van der Waals surface area contributed by atoms with Crippen LogP contribution >= 0.6 is 0 Å². The van der Waals surface area contributed by atoms with Crippen molar-refractivity contribution >= 4 is 5.78 Å². The van der Waals surface area contributed by atoms with E-state index in [1.165, 1.54) is 31.2 Å². The number of morpholine rings is 1. The van der Waals surface area contributed by atoms with Gasteiger partial charge in [-0.2, -0.15) is 0 Å². The van der Waals surface area contributed by atoms with E-state index in [1.54, 1.807) is 0 Å². The Balaban J connectivity index is 1.57. The van der Waals surface area contributed by atoms with E-state index >= 15 is 0 Å². The lowest BCUT2D eigenvalue weighted by Gasteiger charge is -2.46. The summed E-state index contributed by atoms with van der Waals surface area (Å²) >= 11 is 0. The average Bonchev–Trinajstić information content (AvgIpc) is 2.58. The second-order valence-corrected chi connectivity index (χ2v) is 7.55. The molecule has 0 N–H and O–H groups in total. The zero-order valence-electron chi connectivity index (χ0n) is 15.2. The Morgan fingerprint density at radius 1 is 1.08 bits per heavy atom. The lowest BCUT2D eigenvalue weighted by atomic mass is 9.81. The van der Waals surface area contributed by atoms with Crippen LogP contribution in [0.15, 0.2) is 24.3 Å². The van der Waals surface area contributed by atoms with Crippen molar-refractivity contribution in [3.05, 3.63) is 35.4 Å². The number of carbonyl (C=O) groups excluding carboxylic acids is 1. The number of ether oxygens (including phenoxy) is 1. The first-order chi connectivity index (χ1) is 11.7. The van der Waals surface area contributed by atoms with Crippen LogP contribution in [0.5, 0.6) is 0 Å². The highest BCUT2D eigenvalue weighted by molar-refractivity contribution is 5.98. The maximum Gasteiger partial charge on any atom is 0.166 e. The second-order valence-electron chi connectivity index (χ2n) is 7.55. The van der Waals surface area contributed by atoms with Crippen LogP contribution in [0.3, 0.4) is 0 Å². The maximum atomic E-state index is 12.9.